The fourth-order valence-electron chi connectivity index (χ4n) is 1.80. The first-order valence-corrected chi connectivity index (χ1v) is 7.32. The molecule has 0 atom stereocenters. The summed E-state index contributed by atoms with van der Waals surface area (Å²) in [5, 5.41) is 5.78. The molecule has 0 fully saturated rings. The van der Waals surface area contributed by atoms with E-state index in [1.165, 1.54) is 19.4 Å². The quantitative estimate of drug-likeness (QED) is 0.879. The number of carbonyl (C=O) groups is 2. The molecular formula is C16H16ClN3O3. The van der Waals surface area contributed by atoms with Crippen molar-refractivity contribution in [2.24, 2.45) is 0 Å². The van der Waals surface area contributed by atoms with Gasteiger partial charge < -0.3 is 15.4 Å². The number of nitrogens with one attached hydrogen (secondary N) is 2. The molecule has 2 rings (SSSR count). The Balaban J connectivity index is 2.19. The second kappa shape index (κ2) is 7.60. The van der Waals surface area contributed by atoms with Crippen LogP contribution >= 0.6 is 11.6 Å². The topological polar surface area (TPSA) is 80.3 Å². The van der Waals surface area contributed by atoms with Crippen LogP contribution in [0.4, 0.5) is 11.4 Å². The Bertz CT molecular complexity index is 734. The normalized spacial score (nSPS) is 10.0. The van der Waals surface area contributed by atoms with E-state index in [1.807, 2.05) is 0 Å². The molecular weight excluding hydrogens is 318 g/mol. The largest absolute Gasteiger partial charge is 0.481 e. The zero-order valence-electron chi connectivity index (χ0n) is 12.7. The second-order valence-corrected chi connectivity index (χ2v) is 5.04. The zero-order valence-corrected chi connectivity index (χ0v) is 13.5. The van der Waals surface area contributed by atoms with Crippen molar-refractivity contribution in [3.63, 3.8) is 0 Å². The van der Waals surface area contributed by atoms with Gasteiger partial charge in [-0.1, -0.05) is 18.5 Å². The first-order valence-electron chi connectivity index (χ1n) is 6.94. The van der Waals surface area contributed by atoms with Gasteiger partial charge in [0.2, 0.25) is 11.8 Å². The SMILES string of the molecule is CCC(=O)Nc1ccc(Cl)c(NC(=O)c2ccnc(OC)c2)c1. The smallest absolute Gasteiger partial charge is 0.255 e. The number of hydrogen-bond donors (Lipinski definition) is 2. The van der Waals surface area contributed by atoms with Crippen molar-refractivity contribution in [1.82, 2.24) is 4.98 Å². The highest BCUT2D eigenvalue weighted by Crippen LogP contribution is 2.26. The van der Waals surface area contributed by atoms with Crippen LogP contribution < -0.4 is 15.4 Å². The summed E-state index contributed by atoms with van der Waals surface area (Å²) in [6.07, 6.45) is 1.84. The average molecular weight is 334 g/mol. The molecule has 2 amide bonds. The minimum Gasteiger partial charge on any atom is -0.481 e. The molecule has 1 heterocycles. The van der Waals surface area contributed by atoms with Gasteiger partial charge in [0, 0.05) is 29.9 Å². The van der Waals surface area contributed by atoms with Crippen molar-refractivity contribution < 1.29 is 14.3 Å². The molecule has 23 heavy (non-hydrogen) atoms. The lowest BCUT2D eigenvalue weighted by Crippen LogP contribution is -2.14. The van der Waals surface area contributed by atoms with Crippen molar-refractivity contribution in [2.75, 3.05) is 17.7 Å². The molecule has 2 N–H and O–H groups in total. The van der Waals surface area contributed by atoms with Crippen molar-refractivity contribution in [1.29, 1.82) is 0 Å². The molecule has 0 saturated carbocycles. The summed E-state index contributed by atoms with van der Waals surface area (Å²) < 4.78 is 4.99. The maximum atomic E-state index is 12.3. The summed E-state index contributed by atoms with van der Waals surface area (Å²) in [5.74, 6) is -0.136. The lowest BCUT2D eigenvalue weighted by atomic mass is 10.2. The Hall–Kier alpha value is -2.60. The van der Waals surface area contributed by atoms with Gasteiger partial charge in [0.15, 0.2) is 0 Å². The van der Waals surface area contributed by atoms with E-state index in [4.69, 9.17) is 16.3 Å². The number of halogens is 1. The van der Waals surface area contributed by atoms with E-state index < -0.39 is 0 Å². The minimum absolute atomic E-state index is 0.122. The van der Waals surface area contributed by atoms with Gasteiger partial charge in [0.1, 0.15) is 0 Å². The van der Waals surface area contributed by atoms with Crippen molar-refractivity contribution in [2.45, 2.75) is 13.3 Å². The highest BCUT2D eigenvalue weighted by Gasteiger charge is 2.11. The predicted octanol–water partition coefficient (Wildman–Crippen LogP) is 3.34. The molecule has 0 aliphatic rings. The van der Waals surface area contributed by atoms with Crippen LogP contribution in [-0.2, 0) is 4.79 Å². The molecule has 0 aliphatic carbocycles. The van der Waals surface area contributed by atoms with E-state index in [0.29, 0.717) is 34.3 Å². The predicted molar refractivity (Wildman–Crippen MR) is 89.1 cm³/mol. The zero-order chi connectivity index (χ0) is 16.8. The molecule has 0 radical (unpaired) electrons. The number of benzene rings is 1. The number of ether oxygens (including phenoxy) is 1. The standard InChI is InChI=1S/C16H16ClN3O3/c1-3-14(21)19-11-4-5-12(17)13(9-11)20-16(22)10-6-7-18-15(8-10)23-2/h4-9H,3H2,1-2H3,(H,19,21)(H,20,22). The third kappa shape index (κ3) is 4.43. The molecule has 6 nitrogen and oxygen atoms in total. The molecule has 0 bridgehead atoms. The first kappa shape index (κ1) is 16.8. The monoisotopic (exact) mass is 333 g/mol. The highest BCUT2D eigenvalue weighted by molar-refractivity contribution is 6.34. The Kier molecular flexibility index (Phi) is 5.54. The molecule has 2 aromatic rings. The van der Waals surface area contributed by atoms with E-state index in [0.717, 1.165) is 0 Å². The van der Waals surface area contributed by atoms with Crippen molar-refractivity contribution >= 4 is 34.8 Å². The third-order valence-electron chi connectivity index (χ3n) is 3.03. The van der Waals surface area contributed by atoms with Crippen LogP contribution in [0.15, 0.2) is 36.5 Å². The van der Waals surface area contributed by atoms with Gasteiger partial charge in [-0.2, -0.15) is 0 Å². The number of carbonyl (C=O) groups excluding carboxylic acids is 2. The fraction of sp³-hybridized carbons (Fsp3) is 0.188. The van der Waals surface area contributed by atoms with E-state index in [-0.39, 0.29) is 11.8 Å². The van der Waals surface area contributed by atoms with Gasteiger partial charge in [-0.15, -0.1) is 0 Å². The summed E-state index contributed by atoms with van der Waals surface area (Å²) in [4.78, 5) is 27.7. The molecule has 120 valence electrons. The summed E-state index contributed by atoms with van der Waals surface area (Å²) >= 11 is 6.09. The minimum atomic E-state index is -0.355. The van der Waals surface area contributed by atoms with Crippen LogP contribution in [0.2, 0.25) is 5.02 Å². The van der Waals surface area contributed by atoms with Crippen LogP contribution in [0.3, 0.4) is 0 Å². The Morgan fingerprint density at radius 1 is 1.22 bits per heavy atom. The fourth-order valence-corrected chi connectivity index (χ4v) is 1.97. The number of amides is 2. The number of rotatable bonds is 5. The van der Waals surface area contributed by atoms with E-state index >= 15 is 0 Å². The van der Waals surface area contributed by atoms with Gasteiger partial charge in [0.05, 0.1) is 17.8 Å². The molecule has 0 saturated heterocycles. The Morgan fingerprint density at radius 2 is 2.00 bits per heavy atom. The van der Waals surface area contributed by atoms with Crippen LogP contribution in [0.1, 0.15) is 23.7 Å². The van der Waals surface area contributed by atoms with Gasteiger partial charge in [0.25, 0.3) is 5.91 Å². The van der Waals surface area contributed by atoms with Gasteiger partial charge in [-0.3, -0.25) is 9.59 Å². The second-order valence-electron chi connectivity index (χ2n) is 4.64. The van der Waals surface area contributed by atoms with Crippen molar-refractivity contribution in [3.8, 4) is 5.88 Å². The third-order valence-corrected chi connectivity index (χ3v) is 3.36. The summed E-state index contributed by atoms with van der Waals surface area (Å²) in [7, 11) is 1.47. The maximum absolute atomic E-state index is 12.3. The molecule has 1 aromatic heterocycles. The summed E-state index contributed by atoms with van der Waals surface area (Å²) in [5.41, 5.74) is 1.35. The van der Waals surface area contributed by atoms with E-state index in [2.05, 4.69) is 15.6 Å². The summed E-state index contributed by atoms with van der Waals surface area (Å²) in [6.45, 7) is 1.75. The molecule has 0 aliphatic heterocycles. The Labute approximate surface area is 138 Å². The van der Waals surface area contributed by atoms with Gasteiger partial charge in [-0.25, -0.2) is 4.98 Å². The number of anilines is 2. The summed E-state index contributed by atoms with van der Waals surface area (Å²) in [6, 6.07) is 7.96. The van der Waals surface area contributed by atoms with Crippen LogP contribution in [0.25, 0.3) is 0 Å². The molecule has 1 aromatic carbocycles. The van der Waals surface area contributed by atoms with Crippen LogP contribution in [0.5, 0.6) is 5.88 Å². The number of aromatic nitrogens is 1. The number of hydrogen-bond acceptors (Lipinski definition) is 4. The van der Waals surface area contributed by atoms with Crippen LogP contribution in [-0.4, -0.2) is 23.9 Å². The average Bonchev–Trinajstić information content (AvgIpc) is 2.57. The lowest BCUT2D eigenvalue weighted by Gasteiger charge is -2.10. The number of methoxy groups -OCH3 is 1. The molecule has 0 spiro atoms. The van der Waals surface area contributed by atoms with Crippen molar-refractivity contribution in [3.05, 3.63) is 47.1 Å². The highest BCUT2D eigenvalue weighted by atomic mass is 35.5. The molecule has 0 unspecified atom stereocenters. The lowest BCUT2D eigenvalue weighted by molar-refractivity contribution is -0.115. The number of pyridine rings is 1. The van der Waals surface area contributed by atoms with E-state index in [9.17, 15) is 9.59 Å². The molecule has 7 heteroatoms. The van der Waals surface area contributed by atoms with Crippen LogP contribution in [0, 0.1) is 0 Å². The maximum Gasteiger partial charge on any atom is 0.255 e. The number of nitrogens with zero attached hydrogens (tertiary/aromatic N) is 1. The first-order chi connectivity index (χ1) is 11.0. The van der Waals surface area contributed by atoms with Gasteiger partial charge >= 0.3 is 0 Å². The van der Waals surface area contributed by atoms with E-state index in [1.54, 1.807) is 31.2 Å². The Morgan fingerprint density at radius 3 is 2.70 bits per heavy atom. The van der Waals surface area contributed by atoms with Gasteiger partial charge in [-0.05, 0) is 24.3 Å².